The minimum absolute atomic E-state index is 0.183. The van der Waals surface area contributed by atoms with Gasteiger partial charge in [0.1, 0.15) is 10.3 Å². The van der Waals surface area contributed by atoms with E-state index in [2.05, 4.69) is 18.2 Å². The molecular formula is C17H25NO2S. The van der Waals surface area contributed by atoms with E-state index in [0.29, 0.717) is 0 Å². The van der Waals surface area contributed by atoms with E-state index >= 15 is 0 Å². The van der Waals surface area contributed by atoms with Crippen LogP contribution in [0.5, 0.6) is 0 Å². The summed E-state index contributed by atoms with van der Waals surface area (Å²) in [6, 6.07) is 6.61. The Labute approximate surface area is 131 Å². The average Bonchev–Trinajstić information content (AvgIpc) is 2.65. The van der Waals surface area contributed by atoms with E-state index in [1.807, 2.05) is 34.6 Å². The molecule has 1 aromatic rings. The number of benzene rings is 1. The van der Waals surface area contributed by atoms with Gasteiger partial charge in [0.2, 0.25) is 0 Å². The van der Waals surface area contributed by atoms with Crippen molar-refractivity contribution in [2.75, 3.05) is 0 Å². The molecule has 0 spiro atoms. The summed E-state index contributed by atoms with van der Waals surface area (Å²) in [5.74, 6) is -0.183. The highest BCUT2D eigenvalue weighted by Crippen LogP contribution is 2.36. The normalized spacial score (nSPS) is 18.5. The summed E-state index contributed by atoms with van der Waals surface area (Å²) in [6.07, 6.45) is 1.88. The van der Waals surface area contributed by atoms with E-state index < -0.39 is 10.3 Å². The number of hydrogen-bond donors (Lipinski definition) is 1. The number of hydrogen-bond acceptors (Lipinski definition) is 4. The quantitative estimate of drug-likeness (QED) is 0.687. The van der Waals surface area contributed by atoms with Crippen LogP contribution < -0.4 is 5.73 Å². The second-order valence-corrected chi connectivity index (χ2v) is 8.91. The van der Waals surface area contributed by atoms with Gasteiger partial charge in [0.15, 0.2) is 0 Å². The number of ether oxygens (including phenoxy) is 1. The molecule has 2 N–H and O–H groups in total. The van der Waals surface area contributed by atoms with Crippen LogP contribution in [0.25, 0.3) is 0 Å². The highest BCUT2D eigenvalue weighted by atomic mass is 32.2. The van der Waals surface area contributed by atoms with Crippen LogP contribution in [-0.4, -0.2) is 22.4 Å². The summed E-state index contributed by atoms with van der Waals surface area (Å²) in [4.78, 5) is 13.4. The fourth-order valence-electron chi connectivity index (χ4n) is 2.43. The standard InChI is InChI=1S/C17H25NO2S/c1-16(2,3)20-15(19)17(4,5)21-14-7-6-11-8-13(18)9-12(11)10-14/h6-7,10,13H,8-9,18H2,1-5H3. The monoisotopic (exact) mass is 307 g/mol. The van der Waals surface area contributed by atoms with Gasteiger partial charge in [0.05, 0.1) is 0 Å². The van der Waals surface area contributed by atoms with E-state index in [9.17, 15) is 4.79 Å². The topological polar surface area (TPSA) is 52.3 Å². The predicted octanol–water partition coefficient (Wildman–Crippen LogP) is 3.32. The van der Waals surface area contributed by atoms with Gasteiger partial charge < -0.3 is 10.5 Å². The van der Waals surface area contributed by atoms with Gasteiger partial charge in [-0.25, -0.2) is 0 Å². The Hall–Kier alpha value is -1.00. The van der Waals surface area contributed by atoms with E-state index in [0.717, 1.165) is 17.7 Å². The van der Waals surface area contributed by atoms with Crippen LogP contribution in [0.15, 0.2) is 23.1 Å². The molecule has 1 atom stereocenters. The largest absolute Gasteiger partial charge is 0.459 e. The second kappa shape index (κ2) is 5.65. The first-order valence-electron chi connectivity index (χ1n) is 7.37. The number of rotatable bonds is 3. The third kappa shape index (κ3) is 4.24. The molecule has 0 amide bonds. The number of thioether (sulfide) groups is 1. The molecule has 0 heterocycles. The molecule has 1 aliphatic rings. The number of carbonyl (C=O) groups is 1. The second-order valence-electron chi connectivity index (χ2n) is 7.21. The predicted molar refractivity (Wildman–Crippen MR) is 87.6 cm³/mol. The maximum absolute atomic E-state index is 12.3. The molecule has 0 saturated carbocycles. The highest BCUT2D eigenvalue weighted by Gasteiger charge is 2.34. The molecule has 0 bridgehead atoms. The third-order valence-electron chi connectivity index (χ3n) is 3.41. The van der Waals surface area contributed by atoms with E-state index in [4.69, 9.17) is 10.5 Å². The maximum Gasteiger partial charge on any atom is 0.322 e. The van der Waals surface area contributed by atoms with Crippen LogP contribution in [0.4, 0.5) is 0 Å². The van der Waals surface area contributed by atoms with Crippen LogP contribution in [0.2, 0.25) is 0 Å². The zero-order chi connectivity index (χ0) is 15.8. The van der Waals surface area contributed by atoms with Gasteiger partial charge in [-0.05, 0) is 70.7 Å². The summed E-state index contributed by atoms with van der Waals surface area (Å²) in [7, 11) is 0. The first-order chi connectivity index (χ1) is 9.57. The van der Waals surface area contributed by atoms with Crippen molar-refractivity contribution in [2.45, 2.75) is 68.7 Å². The zero-order valence-electron chi connectivity index (χ0n) is 13.5. The molecule has 0 radical (unpaired) electrons. The van der Waals surface area contributed by atoms with Crippen LogP contribution >= 0.6 is 11.8 Å². The number of fused-ring (bicyclic) bond motifs is 1. The smallest absolute Gasteiger partial charge is 0.322 e. The number of esters is 1. The molecule has 0 saturated heterocycles. The van der Waals surface area contributed by atoms with Crippen LogP contribution in [0.1, 0.15) is 45.7 Å². The SMILES string of the molecule is CC(C)(C)OC(=O)C(C)(C)Sc1ccc2c(c1)CC(N)C2. The molecule has 0 fully saturated rings. The lowest BCUT2D eigenvalue weighted by atomic mass is 10.1. The fourth-order valence-corrected chi connectivity index (χ4v) is 3.48. The molecule has 1 unspecified atom stereocenters. The molecule has 21 heavy (non-hydrogen) atoms. The van der Waals surface area contributed by atoms with Crippen molar-refractivity contribution in [1.82, 2.24) is 0 Å². The Balaban J connectivity index is 2.10. The van der Waals surface area contributed by atoms with Crippen LogP contribution in [-0.2, 0) is 22.4 Å². The third-order valence-corrected chi connectivity index (χ3v) is 4.57. The molecule has 1 aromatic carbocycles. The molecule has 1 aliphatic carbocycles. The molecule has 0 aromatic heterocycles. The first kappa shape index (κ1) is 16.4. The van der Waals surface area contributed by atoms with Crippen molar-refractivity contribution in [3.05, 3.63) is 29.3 Å². The molecule has 116 valence electrons. The van der Waals surface area contributed by atoms with E-state index in [1.165, 1.54) is 11.1 Å². The van der Waals surface area contributed by atoms with E-state index in [1.54, 1.807) is 11.8 Å². The summed E-state index contributed by atoms with van der Waals surface area (Å²) >= 11 is 1.55. The van der Waals surface area contributed by atoms with Gasteiger partial charge in [-0.3, -0.25) is 4.79 Å². The van der Waals surface area contributed by atoms with Crippen molar-refractivity contribution in [1.29, 1.82) is 0 Å². The van der Waals surface area contributed by atoms with E-state index in [-0.39, 0.29) is 12.0 Å². The van der Waals surface area contributed by atoms with Crippen LogP contribution in [0, 0.1) is 0 Å². The Kier molecular flexibility index (Phi) is 4.41. The lowest BCUT2D eigenvalue weighted by Gasteiger charge is -2.28. The first-order valence-corrected chi connectivity index (χ1v) is 8.18. The molecule has 0 aliphatic heterocycles. The van der Waals surface area contributed by atoms with Gasteiger partial charge in [-0.15, -0.1) is 11.8 Å². The fraction of sp³-hybridized carbons (Fsp3) is 0.588. The lowest BCUT2D eigenvalue weighted by Crippen LogP contribution is -2.36. The van der Waals surface area contributed by atoms with Gasteiger partial charge in [-0.1, -0.05) is 6.07 Å². The molecule has 4 heteroatoms. The van der Waals surface area contributed by atoms with Gasteiger partial charge in [0.25, 0.3) is 0 Å². The average molecular weight is 307 g/mol. The van der Waals surface area contributed by atoms with Crippen molar-refractivity contribution >= 4 is 17.7 Å². The molecular weight excluding hydrogens is 282 g/mol. The Bertz CT molecular complexity index is 546. The Morgan fingerprint density at radius 2 is 1.81 bits per heavy atom. The zero-order valence-corrected chi connectivity index (χ0v) is 14.3. The van der Waals surface area contributed by atoms with Crippen molar-refractivity contribution < 1.29 is 9.53 Å². The highest BCUT2D eigenvalue weighted by molar-refractivity contribution is 8.01. The van der Waals surface area contributed by atoms with Crippen molar-refractivity contribution in [3.8, 4) is 0 Å². The van der Waals surface area contributed by atoms with Gasteiger partial charge in [-0.2, -0.15) is 0 Å². The summed E-state index contributed by atoms with van der Waals surface area (Å²) < 4.78 is 4.90. The van der Waals surface area contributed by atoms with Gasteiger partial charge in [0, 0.05) is 10.9 Å². The minimum Gasteiger partial charge on any atom is -0.459 e. The lowest BCUT2D eigenvalue weighted by molar-refractivity contribution is -0.156. The number of carbonyl (C=O) groups excluding carboxylic acids is 1. The minimum atomic E-state index is -0.609. The molecule has 2 rings (SSSR count). The van der Waals surface area contributed by atoms with Gasteiger partial charge >= 0.3 is 5.97 Å². The maximum atomic E-state index is 12.3. The Morgan fingerprint density at radius 3 is 2.43 bits per heavy atom. The molecule has 3 nitrogen and oxygen atoms in total. The number of nitrogens with two attached hydrogens (primary N) is 1. The summed E-state index contributed by atoms with van der Waals surface area (Å²) in [5, 5.41) is 0. The Morgan fingerprint density at radius 1 is 1.19 bits per heavy atom. The summed E-state index contributed by atoms with van der Waals surface area (Å²) in [5.41, 5.74) is 8.19. The van der Waals surface area contributed by atoms with Crippen molar-refractivity contribution in [3.63, 3.8) is 0 Å². The van der Waals surface area contributed by atoms with Crippen LogP contribution in [0.3, 0.4) is 0 Å². The summed E-state index contributed by atoms with van der Waals surface area (Å²) in [6.45, 7) is 9.49. The van der Waals surface area contributed by atoms with Crippen molar-refractivity contribution in [2.24, 2.45) is 5.73 Å².